The van der Waals surface area contributed by atoms with Crippen LogP contribution in [0.15, 0.2) is 39.8 Å². The number of carbonyl (C=O) groups is 2. The number of nitrogens with one attached hydrogen (secondary N) is 1. The highest BCUT2D eigenvalue weighted by atomic mass is 32.2. The van der Waals surface area contributed by atoms with Crippen molar-refractivity contribution in [3.8, 4) is 11.5 Å². The number of hydrogen-bond acceptors (Lipinski definition) is 7. The Bertz CT molecular complexity index is 1140. The van der Waals surface area contributed by atoms with Crippen molar-refractivity contribution in [1.82, 2.24) is 14.5 Å². The lowest BCUT2D eigenvalue weighted by atomic mass is 9.91. The van der Waals surface area contributed by atoms with Gasteiger partial charge >= 0.3 is 6.03 Å². The van der Waals surface area contributed by atoms with Crippen molar-refractivity contribution in [3.63, 3.8) is 0 Å². The average Bonchev–Trinajstić information content (AvgIpc) is 3.18. The lowest BCUT2D eigenvalue weighted by Gasteiger charge is -2.23. The zero-order valence-corrected chi connectivity index (χ0v) is 18.2. The van der Waals surface area contributed by atoms with E-state index in [1.54, 1.807) is 25.1 Å². The number of ether oxygens (including phenoxy) is 2. The Morgan fingerprint density at radius 2 is 1.81 bits per heavy atom. The third-order valence-corrected chi connectivity index (χ3v) is 6.98. The maximum atomic E-state index is 13.2. The summed E-state index contributed by atoms with van der Waals surface area (Å²) >= 11 is 0. The minimum atomic E-state index is -3.76. The summed E-state index contributed by atoms with van der Waals surface area (Å²) in [4.78, 5) is 26.8. The summed E-state index contributed by atoms with van der Waals surface area (Å²) in [6.45, 7) is 2.45. The number of imide groups is 1. The Hall–Kier alpha value is -3.05. The molecule has 4 rings (SSSR count). The monoisotopic (exact) mass is 449 g/mol. The number of furan rings is 1. The van der Waals surface area contributed by atoms with Crippen LogP contribution in [0, 0.1) is 0 Å². The minimum Gasteiger partial charge on any atom is -0.490 e. The molecule has 10 nitrogen and oxygen atoms in total. The van der Waals surface area contributed by atoms with Crippen molar-refractivity contribution >= 4 is 22.0 Å². The second-order valence-electron chi connectivity index (χ2n) is 7.67. The van der Waals surface area contributed by atoms with Crippen LogP contribution in [0.1, 0.15) is 24.7 Å². The summed E-state index contributed by atoms with van der Waals surface area (Å²) in [5.74, 6) is 0.789. The van der Waals surface area contributed by atoms with E-state index in [1.807, 2.05) is 0 Å². The van der Waals surface area contributed by atoms with Crippen LogP contribution in [0.5, 0.6) is 11.5 Å². The van der Waals surface area contributed by atoms with E-state index in [2.05, 4.69) is 5.32 Å². The van der Waals surface area contributed by atoms with Crippen molar-refractivity contribution in [1.29, 1.82) is 0 Å². The molecule has 1 N–H and O–H groups in total. The first-order chi connectivity index (χ1) is 14.6. The Morgan fingerprint density at radius 1 is 1.10 bits per heavy atom. The molecule has 1 fully saturated rings. The van der Waals surface area contributed by atoms with E-state index < -0.39 is 27.5 Å². The molecular formula is C20H23N3O7S. The summed E-state index contributed by atoms with van der Waals surface area (Å²) in [5.41, 5.74) is -0.764. The van der Waals surface area contributed by atoms with Crippen LogP contribution >= 0.6 is 0 Å². The Kier molecular flexibility index (Phi) is 5.18. The molecule has 0 aliphatic carbocycles. The second-order valence-corrected chi connectivity index (χ2v) is 9.75. The minimum absolute atomic E-state index is 0.173. The normalized spacial score (nSPS) is 21.4. The second kappa shape index (κ2) is 7.57. The predicted molar refractivity (Wildman–Crippen MR) is 108 cm³/mol. The van der Waals surface area contributed by atoms with Crippen LogP contribution in [-0.2, 0) is 26.9 Å². The predicted octanol–water partition coefficient (Wildman–Crippen LogP) is 1.66. The fourth-order valence-electron chi connectivity index (χ4n) is 3.43. The summed E-state index contributed by atoms with van der Waals surface area (Å²) in [5, 5.41) is 2.46. The van der Waals surface area contributed by atoms with Crippen LogP contribution in [0.3, 0.4) is 0 Å². The molecule has 3 heterocycles. The molecule has 0 saturated carbocycles. The van der Waals surface area contributed by atoms with Gasteiger partial charge in [-0.2, -0.15) is 0 Å². The van der Waals surface area contributed by atoms with E-state index in [-0.39, 0.29) is 17.4 Å². The van der Waals surface area contributed by atoms with E-state index >= 15 is 0 Å². The van der Waals surface area contributed by atoms with E-state index in [1.165, 1.54) is 26.2 Å². The van der Waals surface area contributed by atoms with E-state index in [9.17, 15) is 18.0 Å². The number of benzene rings is 1. The third-order valence-electron chi connectivity index (χ3n) is 5.29. The molecule has 2 aromatic rings. The largest absolute Gasteiger partial charge is 0.490 e. The van der Waals surface area contributed by atoms with Crippen molar-refractivity contribution in [2.75, 3.05) is 27.3 Å². The van der Waals surface area contributed by atoms with Gasteiger partial charge in [0.2, 0.25) is 5.09 Å². The van der Waals surface area contributed by atoms with Crippen molar-refractivity contribution in [3.05, 3.63) is 41.7 Å². The number of fused-ring (bicyclic) bond motifs is 1. The molecule has 11 heteroatoms. The molecule has 0 bridgehead atoms. The number of urea groups is 1. The fraction of sp³-hybridized carbons (Fsp3) is 0.400. The van der Waals surface area contributed by atoms with Gasteiger partial charge in [-0.3, -0.25) is 9.69 Å². The number of carbonyl (C=O) groups excluding carboxylic acids is 2. The highest BCUT2D eigenvalue weighted by Crippen LogP contribution is 2.37. The molecule has 1 aromatic carbocycles. The van der Waals surface area contributed by atoms with Gasteiger partial charge in [-0.25, -0.2) is 17.5 Å². The van der Waals surface area contributed by atoms with Gasteiger partial charge in [0.1, 0.15) is 11.3 Å². The molecule has 0 unspecified atom stereocenters. The van der Waals surface area contributed by atoms with Gasteiger partial charge in [-0.1, -0.05) is 6.07 Å². The van der Waals surface area contributed by atoms with Gasteiger partial charge in [0.15, 0.2) is 11.5 Å². The summed E-state index contributed by atoms with van der Waals surface area (Å²) in [6, 6.07) is 7.24. The highest BCUT2D eigenvalue weighted by Gasteiger charge is 2.49. The lowest BCUT2D eigenvalue weighted by Crippen LogP contribution is -2.40. The number of hydrogen-bond donors (Lipinski definition) is 1. The quantitative estimate of drug-likeness (QED) is 0.690. The first kappa shape index (κ1) is 21.2. The molecular weight excluding hydrogens is 426 g/mol. The highest BCUT2D eigenvalue weighted by molar-refractivity contribution is 7.88. The Morgan fingerprint density at radius 3 is 2.52 bits per heavy atom. The molecule has 0 radical (unpaired) electrons. The standard InChI is InChI=1S/C20H23N3O7S/c1-20(13-5-7-15-16(11-13)29-10-4-9-28-15)18(24)23(19(25)21-20)12-14-6-8-17(30-14)31(26,27)22(2)3/h5-8,11H,4,9-10,12H2,1-3H3,(H,21,25)/t20-/m1/s1. The lowest BCUT2D eigenvalue weighted by molar-refractivity contribution is -0.131. The molecule has 2 aliphatic heterocycles. The maximum absolute atomic E-state index is 13.2. The Labute approximate surface area is 179 Å². The number of amides is 3. The zero-order chi connectivity index (χ0) is 22.4. The molecule has 31 heavy (non-hydrogen) atoms. The number of sulfonamides is 1. The van der Waals surface area contributed by atoms with Gasteiger partial charge in [0.05, 0.1) is 19.8 Å². The van der Waals surface area contributed by atoms with Gasteiger partial charge in [0, 0.05) is 20.5 Å². The third kappa shape index (κ3) is 3.63. The number of rotatable bonds is 5. The van der Waals surface area contributed by atoms with Crippen molar-refractivity contribution in [2.45, 2.75) is 30.5 Å². The van der Waals surface area contributed by atoms with E-state index in [0.717, 1.165) is 15.6 Å². The molecule has 3 amide bonds. The van der Waals surface area contributed by atoms with Crippen LogP contribution in [0.4, 0.5) is 4.79 Å². The van der Waals surface area contributed by atoms with E-state index in [4.69, 9.17) is 13.9 Å². The Balaban J connectivity index is 1.58. The molecule has 2 aliphatic rings. The maximum Gasteiger partial charge on any atom is 0.325 e. The zero-order valence-electron chi connectivity index (χ0n) is 17.4. The van der Waals surface area contributed by atoms with Crippen LogP contribution in [0.2, 0.25) is 0 Å². The molecule has 166 valence electrons. The summed E-state index contributed by atoms with van der Waals surface area (Å²) in [7, 11) is -0.988. The first-order valence-electron chi connectivity index (χ1n) is 9.68. The molecule has 0 spiro atoms. The van der Waals surface area contributed by atoms with Gasteiger partial charge in [0.25, 0.3) is 15.9 Å². The number of nitrogens with zero attached hydrogens (tertiary/aromatic N) is 2. The van der Waals surface area contributed by atoms with Crippen LogP contribution in [-0.4, -0.2) is 56.9 Å². The van der Waals surface area contributed by atoms with Crippen molar-refractivity contribution < 1.29 is 31.9 Å². The van der Waals surface area contributed by atoms with Gasteiger partial charge < -0.3 is 19.2 Å². The van der Waals surface area contributed by atoms with Crippen molar-refractivity contribution in [2.24, 2.45) is 0 Å². The summed E-state index contributed by atoms with van der Waals surface area (Å²) < 4.78 is 42.1. The van der Waals surface area contributed by atoms with E-state index in [0.29, 0.717) is 30.3 Å². The fourth-order valence-corrected chi connectivity index (χ4v) is 4.24. The van der Waals surface area contributed by atoms with Gasteiger partial charge in [-0.05, 0) is 36.8 Å². The summed E-state index contributed by atoms with van der Waals surface area (Å²) in [6.07, 6.45) is 0.749. The smallest absolute Gasteiger partial charge is 0.325 e. The SMILES string of the molecule is CN(C)S(=O)(=O)c1ccc(CN2C(=O)N[C@](C)(c3ccc4c(c3)OCCCO4)C2=O)o1. The van der Waals surface area contributed by atoms with Crippen LogP contribution < -0.4 is 14.8 Å². The van der Waals surface area contributed by atoms with Crippen LogP contribution in [0.25, 0.3) is 0 Å². The topological polar surface area (TPSA) is 118 Å². The molecule has 1 aromatic heterocycles. The molecule has 1 saturated heterocycles. The van der Waals surface area contributed by atoms with Gasteiger partial charge in [-0.15, -0.1) is 0 Å². The first-order valence-corrected chi connectivity index (χ1v) is 11.1. The average molecular weight is 449 g/mol. The molecule has 1 atom stereocenters.